The fraction of sp³-hybridized carbons (Fsp3) is 0.577. The Hall–Kier alpha value is -2.92. The molecule has 1 aliphatic rings. The minimum Gasteiger partial charge on any atom is -0.444 e. The molecule has 2 aromatic rings. The summed E-state index contributed by atoms with van der Waals surface area (Å²) in [5.74, 6) is 0. The van der Waals surface area contributed by atoms with E-state index in [2.05, 4.69) is 4.98 Å². The molecule has 1 aromatic heterocycles. The number of carbonyl (C=O) groups is 2. The van der Waals surface area contributed by atoms with Gasteiger partial charge in [0.2, 0.25) is 10.0 Å². The number of hydrogen-bond acceptors (Lipinski definition) is 7. The third-order valence-corrected chi connectivity index (χ3v) is 7.74. The Labute approximate surface area is 219 Å². The van der Waals surface area contributed by atoms with Crippen molar-refractivity contribution in [3.05, 3.63) is 36.7 Å². The van der Waals surface area contributed by atoms with Crippen LogP contribution in [0.1, 0.15) is 48.5 Å². The van der Waals surface area contributed by atoms with Crippen LogP contribution >= 0.6 is 0 Å². The van der Waals surface area contributed by atoms with Crippen molar-refractivity contribution < 1.29 is 27.5 Å². The van der Waals surface area contributed by atoms with E-state index in [1.807, 2.05) is 0 Å². The zero-order valence-corrected chi connectivity index (χ0v) is 23.5. The molecule has 1 saturated heterocycles. The van der Waals surface area contributed by atoms with Gasteiger partial charge >= 0.3 is 12.2 Å². The number of pyridine rings is 1. The Morgan fingerprint density at radius 3 is 2.05 bits per heavy atom. The molecule has 1 aliphatic heterocycles. The normalized spacial score (nSPS) is 18.6. The summed E-state index contributed by atoms with van der Waals surface area (Å²) in [6.45, 7) is 13.0. The highest BCUT2D eigenvalue weighted by Crippen LogP contribution is 2.24. The molecule has 0 N–H and O–H groups in total. The summed E-state index contributed by atoms with van der Waals surface area (Å²) in [5.41, 5.74) is -1.45. The number of carbonyl (C=O) groups excluding carboxylic acids is 2. The molecule has 2 heterocycles. The van der Waals surface area contributed by atoms with Gasteiger partial charge < -0.3 is 19.3 Å². The molecule has 0 spiro atoms. The number of hydrogen-bond donors (Lipinski definition) is 0. The lowest BCUT2D eigenvalue weighted by atomic mass is 10.2. The minimum atomic E-state index is -3.97. The summed E-state index contributed by atoms with van der Waals surface area (Å²) in [4.78, 5) is 33.1. The van der Waals surface area contributed by atoms with Crippen LogP contribution in [0.4, 0.5) is 9.59 Å². The molecule has 0 aliphatic carbocycles. The first kappa shape index (κ1) is 28.6. The monoisotopic (exact) mass is 534 g/mol. The molecule has 11 heteroatoms. The van der Waals surface area contributed by atoms with Crippen LogP contribution in [0.3, 0.4) is 0 Å². The number of fused-ring (bicyclic) bond motifs is 1. The minimum absolute atomic E-state index is 0.0410. The van der Waals surface area contributed by atoms with Gasteiger partial charge in [-0.05, 0) is 72.1 Å². The first-order valence-electron chi connectivity index (χ1n) is 12.4. The van der Waals surface area contributed by atoms with Gasteiger partial charge in [0.25, 0.3) is 0 Å². The molecule has 204 valence electrons. The van der Waals surface area contributed by atoms with E-state index in [0.29, 0.717) is 0 Å². The van der Waals surface area contributed by atoms with Gasteiger partial charge in [-0.3, -0.25) is 4.98 Å². The average molecular weight is 535 g/mol. The van der Waals surface area contributed by atoms with Crippen LogP contribution in [0.15, 0.2) is 41.6 Å². The van der Waals surface area contributed by atoms with E-state index in [1.54, 1.807) is 85.1 Å². The smallest absolute Gasteiger partial charge is 0.410 e. The van der Waals surface area contributed by atoms with Crippen LogP contribution in [0.5, 0.6) is 0 Å². The zero-order chi connectivity index (χ0) is 27.6. The number of aromatic nitrogens is 1. The molecule has 3 rings (SSSR count). The molecule has 2 amide bonds. The van der Waals surface area contributed by atoms with Gasteiger partial charge in [0.1, 0.15) is 11.2 Å². The number of sulfonamides is 1. The van der Waals surface area contributed by atoms with E-state index >= 15 is 0 Å². The zero-order valence-electron chi connectivity index (χ0n) is 22.7. The quantitative estimate of drug-likeness (QED) is 0.571. The number of amides is 2. The Morgan fingerprint density at radius 1 is 0.865 bits per heavy atom. The summed E-state index contributed by atoms with van der Waals surface area (Å²) in [6.07, 6.45) is 2.15. The summed E-state index contributed by atoms with van der Waals surface area (Å²) in [7, 11) is -3.97. The first-order valence-corrected chi connectivity index (χ1v) is 13.8. The van der Waals surface area contributed by atoms with E-state index in [0.717, 1.165) is 10.8 Å². The second-order valence-electron chi connectivity index (χ2n) is 11.2. The number of ether oxygens (including phenoxy) is 2. The van der Waals surface area contributed by atoms with Gasteiger partial charge in [0.05, 0.1) is 4.90 Å². The molecular formula is C26H38N4O6S. The van der Waals surface area contributed by atoms with Crippen LogP contribution in [-0.2, 0) is 19.5 Å². The predicted molar refractivity (Wildman–Crippen MR) is 141 cm³/mol. The molecule has 0 radical (unpaired) electrons. The number of nitrogens with zero attached hydrogens (tertiary/aromatic N) is 4. The standard InChI is InChI=1S/C26H38N4O6S/c1-19-18-29(24(32)36-26(5,6)7)13-12-28(23(31)35-25(2,3)4)14-15-30(19)37(33,34)22-9-8-21-17-27-11-10-20(21)16-22/h8-11,16-17,19H,12-15,18H2,1-7H3/t19-/m1/s1. The van der Waals surface area contributed by atoms with Crippen molar-refractivity contribution in [1.82, 2.24) is 19.1 Å². The Balaban J connectivity index is 1.97. The summed E-state index contributed by atoms with van der Waals surface area (Å²) in [5, 5.41) is 1.57. The maximum absolute atomic E-state index is 13.9. The van der Waals surface area contributed by atoms with Crippen molar-refractivity contribution in [2.75, 3.05) is 32.7 Å². The maximum atomic E-state index is 13.9. The van der Waals surface area contributed by atoms with E-state index in [9.17, 15) is 18.0 Å². The van der Waals surface area contributed by atoms with Crippen molar-refractivity contribution in [3.63, 3.8) is 0 Å². The van der Waals surface area contributed by atoms with E-state index in [-0.39, 0.29) is 37.6 Å². The van der Waals surface area contributed by atoms with E-state index in [4.69, 9.17) is 9.47 Å². The van der Waals surface area contributed by atoms with Gasteiger partial charge in [-0.15, -0.1) is 0 Å². The van der Waals surface area contributed by atoms with E-state index < -0.39 is 39.5 Å². The van der Waals surface area contributed by atoms with Crippen molar-refractivity contribution in [2.45, 2.75) is 70.6 Å². The van der Waals surface area contributed by atoms with E-state index in [1.165, 1.54) is 14.1 Å². The lowest BCUT2D eigenvalue weighted by molar-refractivity contribution is 0.0147. The molecular weight excluding hydrogens is 496 g/mol. The molecule has 0 unspecified atom stereocenters. The predicted octanol–water partition coefficient (Wildman–Crippen LogP) is 4.10. The topological polar surface area (TPSA) is 109 Å². The van der Waals surface area contributed by atoms with Crippen molar-refractivity contribution in [1.29, 1.82) is 0 Å². The second kappa shape index (κ2) is 10.8. The molecule has 1 atom stereocenters. The lowest BCUT2D eigenvalue weighted by Crippen LogP contribution is -2.48. The van der Waals surface area contributed by atoms with Crippen molar-refractivity contribution >= 4 is 33.0 Å². The van der Waals surface area contributed by atoms with Gasteiger partial charge in [-0.25, -0.2) is 18.0 Å². The van der Waals surface area contributed by atoms with Crippen LogP contribution < -0.4 is 0 Å². The maximum Gasteiger partial charge on any atom is 0.410 e. The Kier molecular flexibility index (Phi) is 8.38. The third-order valence-electron chi connectivity index (χ3n) is 5.73. The second-order valence-corrected chi connectivity index (χ2v) is 13.1. The average Bonchev–Trinajstić information content (AvgIpc) is 2.85. The van der Waals surface area contributed by atoms with Crippen LogP contribution in [-0.4, -0.2) is 89.7 Å². The lowest BCUT2D eigenvalue weighted by Gasteiger charge is -2.32. The van der Waals surface area contributed by atoms with Gasteiger partial charge in [0.15, 0.2) is 0 Å². The summed E-state index contributed by atoms with van der Waals surface area (Å²) >= 11 is 0. The molecule has 1 fully saturated rings. The highest BCUT2D eigenvalue weighted by molar-refractivity contribution is 7.89. The molecule has 1 aromatic carbocycles. The summed E-state index contributed by atoms with van der Waals surface area (Å²) in [6, 6.07) is 6.06. The third kappa shape index (κ3) is 7.54. The Bertz CT molecular complexity index is 1240. The molecule has 0 bridgehead atoms. The van der Waals surface area contributed by atoms with Gasteiger partial charge in [-0.1, -0.05) is 6.07 Å². The van der Waals surface area contributed by atoms with Crippen LogP contribution in [0.25, 0.3) is 10.8 Å². The Morgan fingerprint density at radius 2 is 1.43 bits per heavy atom. The largest absolute Gasteiger partial charge is 0.444 e. The van der Waals surface area contributed by atoms with Crippen molar-refractivity contribution in [3.8, 4) is 0 Å². The highest BCUT2D eigenvalue weighted by atomic mass is 32.2. The van der Waals surface area contributed by atoms with Crippen LogP contribution in [0.2, 0.25) is 0 Å². The molecule has 37 heavy (non-hydrogen) atoms. The first-order chi connectivity index (χ1) is 17.1. The molecule has 10 nitrogen and oxygen atoms in total. The summed E-state index contributed by atoms with van der Waals surface area (Å²) < 4.78 is 40.2. The number of rotatable bonds is 2. The van der Waals surface area contributed by atoms with Gasteiger partial charge in [0, 0.05) is 56.5 Å². The fourth-order valence-electron chi connectivity index (χ4n) is 4.01. The van der Waals surface area contributed by atoms with Crippen LogP contribution in [0, 0.1) is 0 Å². The van der Waals surface area contributed by atoms with Gasteiger partial charge in [-0.2, -0.15) is 4.31 Å². The SMILES string of the molecule is C[C@@H]1CN(C(=O)OC(C)(C)C)CCN(C(=O)OC(C)(C)C)CCN1S(=O)(=O)c1ccc2cnccc2c1. The fourth-order valence-corrected chi connectivity index (χ4v) is 5.66. The number of benzene rings is 1. The van der Waals surface area contributed by atoms with Crippen molar-refractivity contribution in [2.24, 2.45) is 0 Å². The molecule has 0 saturated carbocycles. The highest BCUT2D eigenvalue weighted by Gasteiger charge is 2.35.